The van der Waals surface area contributed by atoms with Crippen molar-refractivity contribution in [2.75, 3.05) is 19.8 Å². The molecule has 64 heavy (non-hydrogen) atoms. The van der Waals surface area contributed by atoms with Gasteiger partial charge in [0.05, 0.1) is 6.61 Å². The van der Waals surface area contributed by atoms with E-state index in [9.17, 15) is 9.59 Å². The van der Waals surface area contributed by atoms with E-state index in [1.54, 1.807) is 0 Å². The van der Waals surface area contributed by atoms with Crippen molar-refractivity contribution in [1.29, 1.82) is 0 Å². The molecule has 0 fully saturated rings. The van der Waals surface area contributed by atoms with Gasteiger partial charge >= 0.3 is 11.9 Å². The van der Waals surface area contributed by atoms with Crippen molar-refractivity contribution < 1.29 is 23.8 Å². The molecule has 0 N–H and O–H groups in total. The molecule has 0 spiro atoms. The van der Waals surface area contributed by atoms with Gasteiger partial charge in [-0.15, -0.1) is 0 Å². The Morgan fingerprint density at radius 3 is 1.14 bits per heavy atom. The summed E-state index contributed by atoms with van der Waals surface area (Å²) in [6.07, 6.45) is 69.4. The molecule has 0 aliphatic rings. The highest BCUT2D eigenvalue weighted by Crippen LogP contribution is 2.15. The Bertz CT molecular complexity index is 1100. The summed E-state index contributed by atoms with van der Waals surface area (Å²) >= 11 is 0. The van der Waals surface area contributed by atoms with E-state index in [1.807, 2.05) is 0 Å². The average molecular weight is 895 g/mol. The Morgan fingerprint density at radius 2 is 0.703 bits per heavy atom. The standard InChI is InChI=1S/C59H106O5/c1-4-7-10-13-16-19-22-25-27-29-30-31-32-35-37-40-43-46-49-52-58(60)63-56-57(64-59(61)53-50-47-44-41-38-34-24-21-18-15-12-9-6-3)55-62-54-51-48-45-42-39-36-33-28-26-23-20-17-14-11-8-5-2/h7,10,16,19,25-28,30-31,57H,4-6,8-9,11-15,17-18,20-24,29,32-56H2,1-3H3/b10-7-,19-16-,27-25-,28-26-,31-30-. The Hall–Kier alpha value is -2.40. The van der Waals surface area contributed by atoms with Crippen molar-refractivity contribution in [3.63, 3.8) is 0 Å². The Morgan fingerprint density at radius 1 is 0.359 bits per heavy atom. The number of hydrogen-bond acceptors (Lipinski definition) is 5. The second-order valence-corrected chi connectivity index (χ2v) is 18.5. The Kier molecular flexibility index (Phi) is 52.9. The summed E-state index contributed by atoms with van der Waals surface area (Å²) < 4.78 is 17.4. The van der Waals surface area contributed by atoms with Gasteiger partial charge in [-0.3, -0.25) is 9.59 Å². The van der Waals surface area contributed by atoms with E-state index < -0.39 is 6.10 Å². The van der Waals surface area contributed by atoms with E-state index >= 15 is 0 Å². The summed E-state index contributed by atoms with van der Waals surface area (Å²) in [5.74, 6) is -0.405. The Balaban J connectivity index is 4.27. The van der Waals surface area contributed by atoms with Gasteiger partial charge in [0.1, 0.15) is 6.61 Å². The van der Waals surface area contributed by atoms with E-state index in [1.165, 1.54) is 167 Å². The van der Waals surface area contributed by atoms with Crippen LogP contribution in [0.5, 0.6) is 0 Å². The molecule has 0 bridgehead atoms. The minimum atomic E-state index is -0.544. The van der Waals surface area contributed by atoms with Gasteiger partial charge in [-0.25, -0.2) is 0 Å². The number of esters is 2. The highest BCUT2D eigenvalue weighted by Gasteiger charge is 2.17. The van der Waals surface area contributed by atoms with E-state index in [0.29, 0.717) is 19.4 Å². The molecule has 372 valence electrons. The van der Waals surface area contributed by atoms with Gasteiger partial charge in [0.2, 0.25) is 0 Å². The van der Waals surface area contributed by atoms with Crippen LogP contribution in [0.3, 0.4) is 0 Å². The quantitative estimate of drug-likeness (QED) is 0.0346. The number of hydrogen-bond donors (Lipinski definition) is 0. The molecular formula is C59H106O5. The SMILES string of the molecule is CC/C=C\C/C=C\C/C=C\C/C=C\CCCCCCCCC(=O)OCC(COCCCCCCCC/C=C\CCCCCCCC)OC(=O)CCCCCCCCCCCCCCC. The lowest BCUT2D eigenvalue weighted by molar-refractivity contribution is -0.163. The minimum absolute atomic E-state index is 0.0773. The zero-order valence-electron chi connectivity index (χ0n) is 42.8. The van der Waals surface area contributed by atoms with Crippen LogP contribution in [0, 0.1) is 0 Å². The summed E-state index contributed by atoms with van der Waals surface area (Å²) in [6.45, 7) is 7.72. The first-order valence-corrected chi connectivity index (χ1v) is 27.8. The maximum absolute atomic E-state index is 12.8. The zero-order chi connectivity index (χ0) is 46.3. The van der Waals surface area contributed by atoms with Crippen molar-refractivity contribution in [2.24, 2.45) is 0 Å². The second-order valence-electron chi connectivity index (χ2n) is 18.5. The van der Waals surface area contributed by atoms with E-state index in [4.69, 9.17) is 14.2 Å². The lowest BCUT2D eigenvalue weighted by Gasteiger charge is -2.18. The molecule has 0 amide bonds. The number of carbonyl (C=O) groups excluding carboxylic acids is 2. The second kappa shape index (κ2) is 54.9. The molecule has 1 atom stereocenters. The summed E-state index contributed by atoms with van der Waals surface area (Å²) in [7, 11) is 0. The van der Waals surface area contributed by atoms with Crippen LogP contribution >= 0.6 is 0 Å². The van der Waals surface area contributed by atoms with Crippen LogP contribution in [0.4, 0.5) is 0 Å². The predicted octanol–water partition coefficient (Wildman–Crippen LogP) is 18.9. The Labute approximate surface area is 398 Å². The average Bonchev–Trinajstić information content (AvgIpc) is 3.30. The molecule has 0 aliphatic carbocycles. The van der Waals surface area contributed by atoms with E-state index in [0.717, 1.165) is 77.0 Å². The summed E-state index contributed by atoms with van der Waals surface area (Å²) in [5.41, 5.74) is 0. The maximum atomic E-state index is 12.8. The maximum Gasteiger partial charge on any atom is 0.306 e. The normalized spacial score (nSPS) is 12.6. The molecule has 0 aromatic rings. The third-order valence-electron chi connectivity index (χ3n) is 12.0. The molecule has 1 unspecified atom stereocenters. The van der Waals surface area contributed by atoms with Crippen molar-refractivity contribution in [3.8, 4) is 0 Å². The third kappa shape index (κ3) is 52.2. The van der Waals surface area contributed by atoms with Crippen LogP contribution in [0.1, 0.15) is 278 Å². The topological polar surface area (TPSA) is 61.8 Å². The first kappa shape index (κ1) is 61.6. The van der Waals surface area contributed by atoms with Gasteiger partial charge in [0, 0.05) is 19.4 Å². The van der Waals surface area contributed by atoms with Crippen molar-refractivity contribution in [3.05, 3.63) is 60.8 Å². The number of unbranched alkanes of at least 4 members (excludes halogenated alkanes) is 30. The third-order valence-corrected chi connectivity index (χ3v) is 12.0. The molecule has 0 aromatic heterocycles. The summed E-state index contributed by atoms with van der Waals surface area (Å²) in [5, 5.41) is 0. The molecular weight excluding hydrogens is 789 g/mol. The first-order valence-electron chi connectivity index (χ1n) is 27.8. The summed E-state index contributed by atoms with van der Waals surface area (Å²) in [6, 6.07) is 0. The predicted molar refractivity (Wildman–Crippen MR) is 279 cm³/mol. The van der Waals surface area contributed by atoms with Crippen molar-refractivity contribution in [1.82, 2.24) is 0 Å². The van der Waals surface area contributed by atoms with E-state index in [2.05, 4.69) is 81.5 Å². The first-order chi connectivity index (χ1) is 31.6. The molecule has 0 saturated heterocycles. The van der Waals surface area contributed by atoms with Gasteiger partial charge in [-0.2, -0.15) is 0 Å². The van der Waals surface area contributed by atoms with Gasteiger partial charge in [-0.05, 0) is 83.5 Å². The molecule has 0 aromatic carbocycles. The largest absolute Gasteiger partial charge is 0.462 e. The smallest absolute Gasteiger partial charge is 0.306 e. The fraction of sp³-hybridized carbons (Fsp3) is 0.797. The number of ether oxygens (including phenoxy) is 3. The van der Waals surface area contributed by atoms with Crippen LogP contribution in [0.15, 0.2) is 60.8 Å². The highest BCUT2D eigenvalue weighted by molar-refractivity contribution is 5.70. The zero-order valence-corrected chi connectivity index (χ0v) is 42.8. The fourth-order valence-corrected chi connectivity index (χ4v) is 7.91. The monoisotopic (exact) mass is 895 g/mol. The lowest BCUT2D eigenvalue weighted by Crippen LogP contribution is -2.30. The van der Waals surface area contributed by atoms with Gasteiger partial charge in [0.15, 0.2) is 6.10 Å². The lowest BCUT2D eigenvalue weighted by atomic mass is 10.0. The molecule has 5 heteroatoms. The number of allylic oxidation sites excluding steroid dienone is 10. The highest BCUT2D eigenvalue weighted by atomic mass is 16.6. The van der Waals surface area contributed by atoms with Gasteiger partial charge in [0.25, 0.3) is 0 Å². The number of rotatable bonds is 51. The molecule has 0 rings (SSSR count). The van der Waals surface area contributed by atoms with E-state index in [-0.39, 0.29) is 25.2 Å². The van der Waals surface area contributed by atoms with Crippen LogP contribution in [0.25, 0.3) is 0 Å². The van der Waals surface area contributed by atoms with Crippen LogP contribution in [-0.4, -0.2) is 37.9 Å². The van der Waals surface area contributed by atoms with Crippen molar-refractivity contribution >= 4 is 11.9 Å². The molecule has 5 nitrogen and oxygen atoms in total. The van der Waals surface area contributed by atoms with Crippen LogP contribution in [0.2, 0.25) is 0 Å². The number of carbonyl (C=O) groups is 2. The molecule has 0 saturated carbocycles. The minimum Gasteiger partial charge on any atom is -0.462 e. The van der Waals surface area contributed by atoms with Crippen LogP contribution < -0.4 is 0 Å². The van der Waals surface area contributed by atoms with Gasteiger partial charge < -0.3 is 14.2 Å². The fourth-order valence-electron chi connectivity index (χ4n) is 7.91. The summed E-state index contributed by atoms with van der Waals surface area (Å²) in [4.78, 5) is 25.5. The van der Waals surface area contributed by atoms with Crippen molar-refractivity contribution in [2.45, 2.75) is 284 Å². The molecule has 0 aliphatic heterocycles. The van der Waals surface area contributed by atoms with Gasteiger partial charge in [-0.1, -0.05) is 242 Å². The van der Waals surface area contributed by atoms with Crippen LogP contribution in [-0.2, 0) is 23.8 Å². The molecule has 0 radical (unpaired) electrons. The molecule has 0 heterocycles.